The second-order valence-electron chi connectivity index (χ2n) is 5.09. The van der Waals surface area contributed by atoms with Gasteiger partial charge in [0.1, 0.15) is 5.82 Å². The molecule has 2 aromatic rings. The molecule has 1 amide bonds. The summed E-state index contributed by atoms with van der Waals surface area (Å²) in [5.74, 6) is -0.0429. The van der Waals surface area contributed by atoms with Crippen molar-refractivity contribution < 1.29 is 9.18 Å². The van der Waals surface area contributed by atoms with Gasteiger partial charge in [0, 0.05) is 37.8 Å². The fourth-order valence-electron chi connectivity index (χ4n) is 2.62. The maximum Gasteiger partial charge on any atom is 0.223 e. The topological polar surface area (TPSA) is 33.2 Å². The van der Waals surface area contributed by atoms with Crippen LogP contribution in [0.25, 0.3) is 0 Å². The summed E-state index contributed by atoms with van der Waals surface area (Å²) in [5.41, 5.74) is 1.96. The number of carbonyl (C=O) groups excluding carboxylic acids is 1. The maximum absolute atomic E-state index is 13.3. The molecule has 3 rings (SSSR count). The van der Waals surface area contributed by atoms with Crippen LogP contribution in [0.2, 0.25) is 0 Å². The maximum atomic E-state index is 13.3. The number of carbonyl (C=O) groups is 1. The molecule has 0 radical (unpaired) electrons. The van der Waals surface area contributed by atoms with Crippen LogP contribution in [0, 0.1) is 5.82 Å². The number of rotatable bonds is 3. The van der Waals surface area contributed by atoms with E-state index in [0.717, 1.165) is 11.1 Å². The number of likely N-dealkylation sites (tertiary alicyclic amines) is 1. The first-order valence-corrected chi connectivity index (χ1v) is 6.64. The molecule has 1 atom stereocenters. The smallest absolute Gasteiger partial charge is 0.223 e. The van der Waals surface area contributed by atoms with Crippen LogP contribution in [0.15, 0.2) is 48.8 Å². The van der Waals surface area contributed by atoms with Gasteiger partial charge in [0.2, 0.25) is 5.91 Å². The Hall–Kier alpha value is -2.23. The van der Waals surface area contributed by atoms with Gasteiger partial charge in [-0.3, -0.25) is 9.78 Å². The molecule has 20 heavy (non-hydrogen) atoms. The van der Waals surface area contributed by atoms with Crippen molar-refractivity contribution in [3.8, 4) is 0 Å². The van der Waals surface area contributed by atoms with Crippen molar-refractivity contribution in [3.63, 3.8) is 0 Å². The number of hydrogen-bond donors (Lipinski definition) is 0. The highest BCUT2D eigenvalue weighted by atomic mass is 18.2. The van der Waals surface area contributed by atoms with E-state index < -0.39 is 0 Å². The van der Waals surface area contributed by atoms with E-state index in [1.165, 1.54) is 12.1 Å². The van der Waals surface area contributed by atoms with Crippen LogP contribution >= 0.6 is 0 Å². The van der Waals surface area contributed by atoms with Gasteiger partial charge in [-0.05, 0) is 35.4 Å². The quantitative estimate of drug-likeness (QED) is 0.858. The monoisotopic (exact) mass is 269 g/mol. The molecule has 1 aromatic carbocycles. The Labute approximate surface area is 117 Å². The molecule has 1 fully saturated rings. The molecular formula is C16H15FN2O. The molecule has 102 valence electrons. The van der Waals surface area contributed by atoms with Gasteiger partial charge in [0.15, 0.2) is 0 Å². The standard InChI is InChI=1S/C16H15FN2O/c17-15-3-1-2-13(8-15)14-9-16(20)19(11-14)10-12-4-6-18-7-5-12/h1-8,14H,9-11H2/i17-1. The summed E-state index contributed by atoms with van der Waals surface area (Å²) < 4.78 is 13.3. The Morgan fingerprint density at radius 1 is 1.25 bits per heavy atom. The number of pyridine rings is 1. The van der Waals surface area contributed by atoms with Gasteiger partial charge in [-0.1, -0.05) is 12.1 Å². The van der Waals surface area contributed by atoms with Crippen LogP contribution in [0.1, 0.15) is 23.5 Å². The molecule has 1 saturated heterocycles. The number of benzene rings is 1. The third kappa shape index (κ3) is 2.69. The summed E-state index contributed by atoms with van der Waals surface area (Å²) in [4.78, 5) is 17.9. The first-order chi connectivity index (χ1) is 9.72. The number of aromatic nitrogens is 1. The molecule has 1 aliphatic heterocycles. The van der Waals surface area contributed by atoms with Crippen molar-refractivity contribution in [3.05, 3.63) is 65.7 Å². The molecule has 0 spiro atoms. The van der Waals surface area contributed by atoms with Gasteiger partial charge in [0.25, 0.3) is 0 Å². The minimum absolute atomic E-state index is 0.0834. The molecule has 0 saturated carbocycles. The number of halogens is 1. The summed E-state index contributed by atoms with van der Waals surface area (Å²) in [6.45, 7) is 1.23. The lowest BCUT2D eigenvalue weighted by atomic mass is 9.98. The van der Waals surface area contributed by atoms with Crippen molar-refractivity contribution in [2.24, 2.45) is 0 Å². The molecular weight excluding hydrogens is 254 g/mol. The van der Waals surface area contributed by atoms with Crippen LogP contribution in [-0.2, 0) is 11.3 Å². The predicted octanol–water partition coefficient (Wildman–Crippen LogP) is 2.74. The molecule has 0 bridgehead atoms. The summed E-state index contributed by atoms with van der Waals surface area (Å²) in [5, 5.41) is 0. The molecule has 2 heterocycles. The highest BCUT2D eigenvalue weighted by Gasteiger charge is 2.30. The van der Waals surface area contributed by atoms with E-state index in [1.54, 1.807) is 18.5 Å². The third-order valence-electron chi connectivity index (χ3n) is 3.66. The lowest BCUT2D eigenvalue weighted by Crippen LogP contribution is -2.24. The van der Waals surface area contributed by atoms with Crippen molar-refractivity contribution in [1.29, 1.82) is 0 Å². The zero-order chi connectivity index (χ0) is 13.9. The van der Waals surface area contributed by atoms with E-state index >= 15 is 0 Å². The van der Waals surface area contributed by atoms with Crippen LogP contribution in [0.5, 0.6) is 0 Å². The normalized spacial score (nSPS) is 18.6. The minimum atomic E-state index is -0.248. The summed E-state index contributed by atoms with van der Waals surface area (Å²) in [6.07, 6.45) is 3.90. The third-order valence-corrected chi connectivity index (χ3v) is 3.66. The van der Waals surface area contributed by atoms with Crippen LogP contribution in [0.4, 0.5) is 4.39 Å². The van der Waals surface area contributed by atoms with E-state index in [2.05, 4.69) is 4.98 Å². The second-order valence-corrected chi connectivity index (χ2v) is 5.09. The minimum Gasteiger partial charge on any atom is -0.338 e. The Kier molecular flexibility index (Phi) is 3.46. The van der Waals surface area contributed by atoms with Crippen LogP contribution in [-0.4, -0.2) is 22.3 Å². The van der Waals surface area contributed by atoms with Gasteiger partial charge in [-0.15, -0.1) is 0 Å². The van der Waals surface area contributed by atoms with Crippen molar-refractivity contribution >= 4 is 5.91 Å². The van der Waals surface area contributed by atoms with Crippen molar-refractivity contribution in [1.82, 2.24) is 9.88 Å². The number of nitrogens with zero attached hydrogens (tertiary/aromatic N) is 2. The van der Waals surface area contributed by atoms with Crippen LogP contribution < -0.4 is 0 Å². The average molecular weight is 269 g/mol. The van der Waals surface area contributed by atoms with E-state index in [-0.39, 0.29) is 17.6 Å². The van der Waals surface area contributed by atoms with Gasteiger partial charge in [-0.2, -0.15) is 0 Å². The van der Waals surface area contributed by atoms with Crippen molar-refractivity contribution in [2.75, 3.05) is 6.54 Å². The van der Waals surface area contributed by atoms with E-state index in [4.69, 9.17) is 0 Å². The first kappa shape index (κ1) is 12.8. The van der Waals surface area contributed by atoms with E-state index in [1.807, 2.05) is 23.1 Å². The Morgan fingerprint density at radius 2 is 2.05 bits per heavy atom. The first-order valence-electron chi connectivity index (χ1n) is 6.64. The lowest BCUT2D eigenvalue weighted by Gasteiger charge is -2.16. The molecule has 0 aliphatic carbocycles. The van der Waals surface area contributed by atoms with Gasteiger partial charge in [0.05, 0.1) is 0 Å². The van der Waals surface area contributed by atoms with E-state index in [9.17, 15) is 9.18 Å². The largest absolute Gasteiger partial charge is 0.338 e. The molecule has 1 aliphatic rings. The predicted molar refractivity (Wildman–Crippen MR) is 73.4 cm³/mol. The summed E-state index contributed by atoms with van der Waals surface area (Å²) in [6, 6.07) is 10.3. The molecule has 1 aromatic heterocycles. The highest BCUT2D eigenvalue weighted by molar-refractivity contribution is 5.79. The number of hydrogen-bond acceptors (Lipinski definition) is 2. The zero-order valence-corrected chi connectivity index (χ0v) is 11.0. The second kappa shape index (κ2) is 5.41. The summed E-state index contributed by atoms with van der Waals surface area (Å²) >= 11 is 0. The highest BCUT2D eigenvalue weighted by Crippen LogP contribution is 2.29. The Bertz CT molecular complexity index is 615. The molecule has 0 N–H and O–H groups in total. The zero-order valence-electron chi connectivity index (χ0n) is 11.0. The van der Waals surface area contributed by atoms with Gasteiger partial charge < -0.3 is 4.90 Å². The SMILES string of the molecule is O=C1CC(c2cccc([18F])c2)CN1Cc1ccncc1. The van der Waals surface area contributed by atoms with Gasteiger partial charge >= 0.3 is 0 Å². The van der Waals surface area contributed by atoms with Crippen molar-refractivity contribution in [2.45, 2.75) is 18.9 Å². The Morgan fingerprint density at radius 3 is 2.80 bits per heavy atom. The molecule has 1 unspecified atom stereocenters. The lowest BCUT2D eigenvalue weighted by molar-refractivity contribution is -0.128. The molecule has 3 nitrogen and oxygen atoms in total. The summed E-state index contributed by atoms with van der Waals surface area (Å²) in [7, 11) is 0. The Balaban J connectivity index is 1.72. The average Bonchev–Trinajstić information content (AvgIpc) is 2.81. The molecule has 4 heteroatoms. The van der Waals surface area contributed by atoms with Gasteiger partial charge in [-0.25, -0.2) is 4.39 Å². The van der Waals surface area contributed by atoms with E-state index in [0.29, 0.717) is 19.5 Å². The fraction of sp³-hybridized carbons (Fsp3) is 0.250. The van der Waals surface area contributed by atoms with Crippen LogP contribution in [0.3, 0.4) is 0 Å². The fourth-order valence-corrected chi connectivity index (χ4v) is 2.62. The number of amides is 1.